The number of thiophene rings is 1. The molecule has 0 fully saturated rings. The topological polar surface area (TPSA) is 52.1 Å². The van der Waals surface area contributed by atoms with Gasteiger partial charge >= 0.3 is 0 Å². The first-order chi connectivity index (χ1) is 14.0. The van der Waals surface area contributed by atoms with Gasteiger partial charge in [-0.25, -0.2) is 9.97 Å². The standard InChI is InChI=1S/C24H18N2O2S/c1-24(2,3)17-9-15(8-14-5-7-29-22(14)17)21-20-16-11-18-13(4-6-27-18)10-19(16)28-23(20)26-12-25-21/h4-12H,1-3H3. The molecule has 4 heterocycles. The molecular formula is C24H18N2O2S. The molecule has 0 atom stereocenters. The van der Waals surface area contributed by atoms with Gasteiger partial charge in [0.2, 0.25) is 5.71 Å². The van der Waals surface area contributed by atoms with Crippen molar-refractivity contribution in [3.63, 3.8) is 0 Å². The highest BCUT2D eigenvalue weighted by molar-refractivity contribution is 7.17. The maximum absolute atomic E-state index is 6.07. The van der Waals surface area contributed by atoms with E-state index in [0.717, 1.165) is 38.6 Å². The molecule has 2 aromatic carbocycles. The second-order valence-corrected chi connectivity index (χ2v) is 9.34. The lowest BCUT2D eigenvalue weighted by Crippen LogP contribution is -2.11. The average molecular weight is 398 g/mol. The molecule has 0 aliphatic heterocycles. The van der Waals surface area contributed by atoms with Gasteiger partial charge in [-0.15, -0.1) is 11.3 Å². The summed E-state index contributed by atoms with van der Waals surface area (Å²) in [5, 5.41) is 6.31. The molecule has 0 aliphatic carbocycles. The monoisotopic (exact) mass is 398 g/mol. The molecule has 0 spiro atoms. The molecule has 6 aromatic rings. The highest BCUT2D eigenvalue weighted by atomic mass is 32.1. The summed E-state index contributed by atoms with van der Waals surface area (Å²) in [7, 11) is 0. The van der Waals surface area contributed by atoms with E-state index in [1.54, 1.807) is 23.9 Å². The first kappa shape index (κ1) is 16.7. The number of nitrogens with zero attached hydrogens (tertiary/aromatic N) is 2. The van der Waals surface area contributed by atoms with Crippen LogP contribution >= 0.6 is 11.3 Å². The summed E-state index contributed by atoms with van der Waals surface area (Å²) in [4.78, 5) is 9.08. The molecule has 0 aliphatic rings. The highest BCUT2D eigenvalue weighted by Gasteiger charge is 2.22. The van der Waals surface area contributed by atoms with Crippen molar-refractivity contribution in [2.75, 3.05) is 0 Å². The fourth-order valence-electron chi connectivity index (χ4n) is 4.06. The van der Waals surface area contributed by atoms with Crippen LogP contribution in [0.25, 0.3) is 54.4 Å². The molecule has 0 N–H and O–H groups in total. The molecule has 5 heteroatoms. The van der Waals surface area contributed by atoms with Crippen LogP contribution in [0.4, 0.5) is 0 Å². The average Bonchev–Trinajstić information content (AvgIpc) is 3.41. The molecule has 4 nitrogen and oxygen atoms in total. The first-order valence-corrected chi connectivity index (χ1v) is 10.4. The third kappa shape index (κ3) is 2.44. The molecule has 0 amide bonds. The van der Waals surface area contributed by atoms with E-state index in [1.807, 2.05) is 18.2 Å². The van der Waals surface area contributed by atoms with Crippen molar-refractivity contribution in [2.45, 2.75) is 26.2 Å². The summed E-state index contributed by atoms with van der Waals surface area (Å²) < 4.78 is 13.0. The van der Waals surface area contributed by atoms with Crippen molar-refractivity contribution in [3.05, 3.63) is 59.9 Å². The van der Waals surface area contributed by atoms with Gasteiger partial charge in [0, 0.05) is 21.0 Å². The Bertz CT molecular complexity index is 1550. The minimum Gasteiger partial charge on any atom is -0.464 e. The predicted molar refractivity (Wildman–Crippen MR) is 119 cm³/mol. The zero-order valence-corrected chi connectivity index (χ0v) is 17.1. The molecule has 0 radical (unpaired) electrons. The maximum atomic E-state index is 6.07. The van der Waals surface area contributed by atoms with Gasteiger partial charge in [0.15, 0.2) is 0 Å². The van der Waals surface area contributed by atoms with Gasteiger partial charge in [-0.1, -0.05) is 20.8 Å². The largest absolute Gasteiger partial charge is 0.464 e. The van der Waals surface area contributed by atoms with Crippen molar-refractivity contribution >= 4 is 54.5 Å². The summed E-state index contributed by atoms with van der Waals surface area (Å²) in [6, 6.07) is 12.6. The molecule has 29 heavy (non-hydrogen) atoms. The zero-order chi connectivity index (χ0) is 19.8. The smallest absolute Gasteiger partial charge is 0.230 e. The summed E-state index contributed by atoms with van der Waals surface area (Å²) in [5.41, 5.74) is 5.55. The van der Waals surface area contributed by atoms with E-state index in [-0.39, 0.29) is 5.41 Å². The Labute approximate surface area is 170 Å². The fourth-order valence-corrected chi connectivity index (χ4v) is 5.16. The van der Waals surface area contributed by atoms with Crippen LogP contribution in [0.15, 0.2) is 63.2 Å². The van der Waals surface area contributed by atoms with Gasteiger partial charge in [0.1, 0.15) is 17.5 Å². The lowest BCUT2D eigenvalue weighted by molar-refractivity contribution is 0.597. The Kier molecular flexibility index (Phi) is 3.28. The zero-order valence-electron chi connectivity index (χ0n) is 16.3. The van der Waals surface area contributed by atoms with Crippen molar-refractivity contribution < 1.29 is 8.83 Å². The van der Waals surface area contributed by atoms with Gasteiger partial charge in [-0.2, -0.15) is 0 Å². The minimum absolute atomic E-state index is 0.0318. The van der Waals surface area contributed by atoms with Crippen LogP contribution in [-0.2, 0) is 5.41 Å². The Balaban J connectivity index is 1.72. The third-order valence-electron chi connectivity index (χ3n) is 5.48. The summed E-state index contributed by atoms with van der Waals surface area (Å²) >= 11 is 1.79. The van der Waals surface area contributed by atoms with Crippen molar-refractivity contribution in [1.29, 1.82) is 0 Å². The Hall–Kier alpha value is -3.18. The number of hydrogen-bond acceptors (Lipinski definition) is 5. The van der Waals surface area contributed by atoms with Crippen LogP contribution in [0, 0.1) is 0 Å². The molecule has 0 saturated heterocycles. The normalized spacial score (nSPS) is 12.7. The van der Waals surface area contributed by atoms with E-state index in [1.165, 1.54) is 15.6 Å². The first-order valence-electron chi connectivity index (χ1n) is 9.55. The predicted octanol–water partition coefficient (Wildman–Crippen LogP) is 7.30. The summed E-state index contributed by atoms with van der Waals surface area (Å²) in [6.07, 6.45) is 3.28. The van der Waals surface area contributed by atoms with Gasteiger partial charge in [-0.3, -0.25) is 0 Å². The van der Waals surface area contributed by atoms with Crippen LogP contribution in [0.3, 0.4) is 0 Å². The highest BCUT2D eigenvalue weighted by Crippen LogP contribution is 2.41. The number of fused-ring (bicyclic) bond motifs is 5. The van der Waals surface area contributed by atoms with E-state index < -0.39 is 0 Å². The van der Waals surface area contributed by atoms with Crippen LogP contribution < -0.4 is 0 Å². The van der Waals surface area contributed by atoms with E-state index in [0.29, 0.717) is 5.71 Å². The number of furan rings is 2. The number of aromatic nitrogens is 2. The Morgan fingerprint density at radius 3 is 2.69 bits per heavy atom. The number of rotatable bonds is 1. The fraction of sp³-hybridized carbons (Fsp3) is 0.167. The quantitative estimate of drug-likeness (QED) is 0.291. The van der Waals surface area contributed by atoms with E-state index in [2.05, 4.69) is 54.3 Å². The van der Waals surface area contributed by atoms with Gasteiger partial charge in [-0.05, 0) is 58.1 Å². The van der Waals surface area contributed by atoms with Crippen LogP contribution in [0.5, 0.6) is 0 Å². The Morgan fingerprint density at radius 2 is 1.83 bits per heavy atom. The van der Waals surface area contributed by atoms with Crippen LogP contribution in [0.1, 0.15) is 26.3 Å². The number of benzene rings is 2. The molecule has 0 bridgehead atoms. The molecule has 0 saturated carbocycles. The molecule has 142 valence electrons. The molecule has 0 unspecified atom stereocenters. The second kappa shape index (κ2) is 5.67. The van der Waals surface area contributed by atoms with Gasteiger partial charge < -0.3 is 8.83 Å². The van der Waals surface area contributed by atoms with E-state index >= 15 is 0 Å². The molecule has 6 rings (SSSR count). The van der Waals surface area contributed by atoms with Gasteiger partial charge in [0.05, 0.1) is 17.3 Å². The van der Waals surface area contributed by atoms with E-state index in [9.17, 15) is 0 Å². The Morgan fingerprint density at radius 1 is 0.931 bits per heavy atom. The third-order valence-corrected chi connectivity index (χ3v) is 6.44. The van der Waals surface area contributed by atoms with Crippen LogP contribution in [0.2, 0.25) is 0 Å². The minimum atomic E-state index is 0.0318. The second-order valence-electron chi connectivity index (χ2n) is 8.42. The van der Waals surface area contributed by atoms with E-state index in [4.69, 9.17) is 8.83 Å². The summed E-state index contributed by atoms with van der Waals surface area (Å²) in [6.45, 7) is 6.76. The number of hydrogen-bond donors (Lipinski definition) is 0. The molecule has 4 aromatic heterocycles. The summed E-state index contributed by atoms with van der Waals surface area (Å²) in [5.74, 6) is 0. The lowest BCUT2D eigenvalue weighted by Gasteiger charge is -2.21. The van der Waals surface area contributed by atoms with Crippen molar-refractivity contribution in [3.8, 4) is 11.3 Å². The van der Waals surface area contributed by atoms with Crippen molar-refractivity contribution in [2.24, 2.45) is 0 Å². The maximum Gasteiger partial charge on any atom is 0.230 e. The molecular weight excluding hydrogens is 380 g/mol. The van der Waals surface area contributed by atoms with Gasteiger partial charge in [0.25, 0.3) is 0 Å². The van der Waals surface area contributed by atoms with Crippen LogP contribution in [-0.4, -0.2) is 9.97 Å². The lowest BCUT2D eigenvalue weighted by atomic mass is 9.85. The van der Waals surface area contributed by atoms with Crippen molar-refractivity contribution in [1.82, 2.24) is 9.97 Å². The SMILES string of the molecule is CC(C)(C)c1cc(-c2ncnc3oc4cc5ccoc5cc4c23)cc2ccsc12.